The van der Waals surface area contributed by atoms with Crippen molar-refractivity contribution in [2.75, 3.05) is 13.0 Å². The van der Waals surface area contributed by atoms with Crippen molar-refractivity contribution in [3.8, 4) is 5.75 Å². The Labute approximate surface area is 177 Å². The second-order valence-electron chi connectivity index (χ2n) is 8.42. The number of nitrogen functional groups attached to an aromatic ring is 1. The molecule has 3 rings (SSSR count). The summed E-state index contributed by atoms with van der Waals surface area (Å²) in [6, 6.07) is 12.5. The molecular formula is C23H30N4OS. The number of nitrogens with zero attached hydrogens (tertiary/aromatic N) is 3. The Morgan fingerprint density at radius 3 is 2.21 bits per heavy atom. The fourth-order valence-corrected chi connectivity index (χ4v) is 4.31. The molecule has 0 aliphatic carbocycles. The van der Waals surface area contributed by atoms with Gasteiger partial charge in [0.25, 0.3) is 0 Å². The quantitative estimate of drug-likeness (QED) is 0.467. The summed E-state index contributed by atoms with van der Waals surface area (Å²) in [5, 5.41) is 9.32. The standard InChI is InChI=1S/C23H30N4OS/c1-15-11-18(23(3,4)5)12-16(2)20(15)14-29-22-26-25-21(27(22)24)13-17-7-9-19(28-6)10-8-17/h7-12H,13-14,24H2,1-6H3. The lowest BCUT2D eigenvalue weighted by Crippen LogP contribution is -2.14. The molecule has 0 atom stereocenters. The lowest BCUT2D eigenvalue weighted by Gasteiger charge is -2.22. The van der Waals surface area contributed by atoms with Crippen LogP contribution in [0.1, 0.15) is 54.4 Å². The Morgan fingerprint density at radius 2 is 1.66 bits per heavy atom. The second kappa shape index (κ2) is 8.49. The zero-order valence-electron chi connectivity index (χ0n) is 18.1. The van der Waals surface area contributed by atoms with Crippen molar-refractivity contribution in [2.45, 2.75) is 57.4 Å². The Kier molecular flexibility index (Phi) is 6.22. The maximum absolute atomic E-state index is 6.27. The Morgan fingerprint density at radius 1 is 1.03 bits per heavy atom. The predicted molar refractivity (Wildman–Crippen MR) is 120 cm³/mol. The van der Waals surface area contributed by atoms with E-state index in [0.717, 1.165) is 28.0 Å². The first-order valence-corrected chi connectivity index (χ1v) is 10.7. The lowest BCUT2D eigenvalue weighted by atomic mass is 9.84. The van der Waals surface area contributed by atoms with Gasteiger partial charge in [-0.1, -0.05) is 56.8 Å². The van der Waals surface area contributed by atoms with E-state index in [1.807, 2.05) is 24.3 Å². The third-order valence-electron chi connectivity index (χ3n) is 5.16. The van der Waals surface area contributed by atoms with E-state index in [1.165, 1.54) is 22.3 Å². The first-order valence-electron chi connectivity index (χ1n) is 9.74. The molecule has 1 aromatic heterocycles. The maximum Gasteiger partial charge on any atom is 0.210 e. The van der Waals surface area contributed by atoms with Gasteiger partial charge >= 0.3 is 0 Å². The van der Waals surface area contributed by atoms with Crippen LogP contribution in [-0.2, 0) is 17.6 Å². The smallest absolute Gasteiger partial charge is 0.210 e. The van der Waals surface area contributed by atoms with Gasteiger partial charge in [0.1, 0.15) is 5.75 Å². The van der Waals surface area contributed by atoms with E-state index in [0.29, 0.717) is 6.42 Å². The lowest BCUT2D eigenvalue weighted by molar-refractivity contribution is 0.414. The molecule has 0 fully saturated rings. The minimum atomic E-state index is 0.148. The second-order valence-corrected chi connectivity index (χ2v) is 9.36. The number of aryl methyl sites for hydroxylation is 2. The molecule has 0 aliphatic rings. The highest BCUT2D eigenvalue weighted by Gasteiger charge is 2.17. The first-order chi connectivity index (χ1) is 13.7. The molecule has 6 heteroatoms. The van der Waals surface area contributed by atoms with Crippen molar-refractivity contribution in [3.05, 3.63) is 70.0 Å². The van der Waals surface area contributed by atoms with Gasteiger partial charge in [0.2, 0.25) is 5.16 Å². The zero-order chi connectivity index (χ0) is 21.2. The van der Waals surface area contributed by atoms with Crippen LogP contribution in [0.15, 0.2) is 41.6 Å². The van der Waals surface area contributed by atoms with E-state index < -0.39 is 0 Å². The summed E-state index contributed by atoms with van der Waals surface area (Å²) in [6.07, 6.45) is 0.631. The number of nitrogens with two attached hydrogens (primary N) is 1. The summed E-state index contributed by atoms with van der Waals surface area (Å²) in [4.78, 5) is 0. The highest BCUT2D eigenvalue weighted by atomic mass is 32.2. The van der Waals surface area contributed by atoms with Gasteiger partial charge < -0.3 is 10.6 Å². The van der Waals surface area contributed by atoms with Gasteiger partial charge in [-0.2, -0.15) is 0 Å². The number of methoxy groups -OCH3 is 1. The van der Waals surface area contributed by atoms with Gasteiger partial charge in [0, 0.05) is 12.2 Å². The van der Waals surface area contributed by atoms with E-state index in [9.17, 15) is 0 Å². The molecule has 5 nitrogen and oxygen atoms in total. The van der Waals surface area contributed by atoms with Crippen LogP contribution in [0.5, 0.6) is 5.75 Å². The Hall–Kier alpha value is -2.47. The van der Waals surface area contributed by atoms with Crippen molar-refractivity contribution in [2.24, 2.45) is 0 Å². The molecule has 0 spiro atoms. The fraction of sp³-hybridized carbons (Fsp3) is 0.391. The highest BCUT2D eigenvalue weighted by molar-refractivity contribution is 7.98. The maximum atomic E-state index is 6.27. The van der Waals surface area contributed by atoms with E-state index >= 15 is 0 Å². The molecule has 2 aromatic carbocycles. The third kappa shape index (κ3) is 4.93. The molecule has 0 saturated carbocycles. The van der Waals surface area contributed by atoms with Crippen LogP contribution in [-0.4, -0.2) is 22.0 Å². The molecule has 0 saturated heterocycles. The van der Waals surface area contributed by atoms with Gasteiger partial charge in [0.05, 0.1) is 7.11 Å². The number of hydrogen-bond donors (Lipinski definition) is 1. The molecule has 0 aliphatic heterocycles. The SMILES string of the molecule is COc1ccc(Cc2nnc(SCc3c(C)cc(C(C)(C)C)cc3C)n2N)cc1. The molecule has 0 amide bonds. The van der Waals surface area contributed by atoms with E-state index in [-0.39, 0.29) is 5.41 Å². The van der Waals surface area contributed by atoms with Crippen LogP contribution in [0.3, 0.4) is 0 Å². The summed E-state index contributed by atoms with van der Waals surface area (Å²) < 4.78 is 6.81. The van der Waals surface area contributed by atoms with Crippen LogP contribution >= 0.6 is 11.8 Å². The number of thioether (sulfide) groups is 1. The highest BCUT2D eigenvalue weighted by Crippen LogP contribution is 2.30. The van der Waals surface area contributed by atoms with Crippen LogP contribution in [0.2, 0.25) is 0 Å². The summed E-state index contributed by atoms with van der Waals surface area (Å²) >= 11 is 1.62. The number of rotatable bonds is 6. The summed E-state index contributed by atoms with van der Waals surface area (Å²) in [6.45, 7) is 11.1. The molecule has 1 heterocycles. The first kappa shape index (κ1) is 21.2. The van der Waals surface area contributed by atoms with E-state index in [1.54, 1.807) is 23.5 Å². The van der Waals surface area contributed by atoms with Gasteiger partial charge in [-0.05, 0) is 59.2 Å². The average molecular weight is 411 g/mol. The van der Waals surface area contributed by atoms with Crippen molar-refractivity contribution in [1.29, 1.82) is 0 Å². The van der Waals surface area contributed by atoms with Gasteiger partial charge in [-0.25, -0.2) is 4.68 Å². The molecule has 2 N–H and O–H groups in total. The van der Waals surface area contributed by atoms with Crippen molar-refractivity contribution < 1.29 is 4.74 Å². The van der Waals surface area contributed by atoms with Gasteiger partial charge in [0.15, 0.2) is 5.82 Å². The fourth-order valence-electron chi connectivity index (χ4n) is 3.24. The van der Waals surface area contributed by atoms with Crippen LogP contribution in [0.4, 0.5) is 0 Å². The molecule has 154 valence electrons. The molecule has 0 unspecified atom stereocenters. The molecule has 0 bridgehead atoms. The molecule has 0 radical (unpaired) electrons. The number of aromatic nitrogens is 3. The van der Waals surface area contributed by atoms with E-state index in [4.69, 9.17) is 10.6 Å². The average Bonchev–Trinajstić information content (AvgIpc) is 3.00. The predicted octanol–water partition coefficient (Wildman–Crippen LogP) is 4.80. The third-order valence-corrected chi connectivity index (χ3v) is 6.13. The molecule has 3 aromatic rings. The normalized spacial score (nSPS) is 11.7. The van der Waals surface area contributed by atoms with E-state index in [2.05, 4.69) is 56.9 Å². The zero-order valence-corrected chi connectivity index (χ0v) is 18.9. The summed E-state index contributed by atoms with van der Waals surface area (Å²) in [7, 11) is 1.66. The van der Waals surface area contributed by atoms with Crippen LogP contribution in [0.25, 0.3) is 0 Å². The molecular weight excluding hydrogens is 380 g/mol. The minimum Gasteiger partial charge on any atom is -0.497 e. The summed E-state index contributed by atoms with van der Waals surface area (Å²) in [5.74, 6) is 8.67. The van der Waals surface area contributed by atoms with Crippen molar-refractivity contribution in [3.63, 3.8) is 0 Å². The number of ether oxygens (including phenoxy) is 1. The van der Waals surface area contributed by atoms with Crippen LogP contribution < -0.4 is 10.6 Å². The number of benzene rings is 2. The largest absolute Gasteiger partial charge is 0.497 e. The monoisotopic (exact) mass is 410 g/mol. The van der Waals surface area contributed by atoms with Crippen LogP contribution in [0, 0.1) is 13.8 Å². The van der Waals surface area contributed by atoms with Crippen molar-refractivity contribution in [1.82, 2.24) is 14.9 Å². The minimum absolute atomic E-state index is 0.148. The topological polar surface area (TPSA) is 66.0 Å². The van der Waals surface area contributed by atoms with Gasteiger partial charge in [-0.3, -0.25) is 0 Å². The number of hydrogen-bond acceptors (Lipinski definition) is 5. The Bertz CT molecular complexity index is 964. The van der Waals surface area contributed by atoms with Crippen molar-refractivity contribution >= 4 is 11.8 Å². The summed E-state index contributed by atoms with van der Waals surface area (Å²) in [5.41, 5.74) is 6.58. The van der Waals surface area contributed by atoms with Gasteiger partial charge in [-0.15, -0.1) is 10.2 Å². The molecule has 29 heavy (non-hydrogen) atoms. The Balaban J connectivity index is 1.72.